The van der Waals surface area contributed by atoms with Crippen LogP contribution in [0.15, 0.2) is 11.9 Å². The molecule has 24 heavy (non-hydrogen) atoms. The number of hydrogen-bond donors (Lipinski definition) is 3. The van der Waals surface area contributed by atoms with Crippen LogP contribution >= 0.6 is 0 Å². The fourth-order valence-electron chi connectivity index (χ4n) is 5.52. The number of carbonyl (C=O) groups is 1. The van der Waals surface area contributed by atoms with Gasteiger partial charge in [-0.3, -0.25) is 0 Å². The average Bonchev–Trinajstić information content (AvgIpc) is 2.51. The smallest absolute Gasteiger partial charge is 0.315 e. The van der Waals surface area contributed by atoms with Crippen LogP contribution in [-0.2, 0) is 0 Å². The Morgan fingerprint density at radius 3 is 2.29 bits per heavy atom. The standard InChI is InChI=1S/C19H31FN2O2/c20-17(13-23)5-3-1-2-4-6-21-18(24)22-19-10-14-7-15(11-19)9-16(8-14)12-19/h5,14-16,23H,1-4,6-13H2,(H2,21,22,24). The second kappa shape index (κ2) is 7.85. The van der Waals surface area contributed by atoms with Crippen LogP contribution in [0.2, 0.25) is 0 Å². The Kier molecular flexibility index (Phi) is 5.80. The van der Waals surface area contributed by atoms with E-state index in [1.807, 2.05) is 0 Å². The van der Waals surface area contributed by atoms with E-state index in [1.54, 1.807) is 0 Å². The molecule has 0 spiro atoms. The molecule has 4 rings (SSSR count). The Morgan fingerprint density at radius 1 is 1.08 bits per heavy atom. The van der Waals surface area contributed by atoms with E-state index in [9.17, 15) is 9.18 Å². The average molecular weight is 338 g/mol. The van der Waals surface area contributed by atoms with Crippen molar-refractivity contribution in [2.45, 2.75) is 69.7 Å². The summed E-state index contributed by atoms with van der Waals surface area (Å²) in [6, 6.07) is -0.0110. The van der Waals surface area contributed by atoms with Crippen molar-refractivity contribution in [3.8, 4) is 0 Å². The topological polar surface area (TPSA) is 61.4 Å². The second-order valence-corrected chi connectivity index (χ2v) is 8.24. The zero-order valence-electron chi connectivity index (χ0n) is 14.5. The maximum atomic E-state index is 12.7. The van der Waals surface area contributed by atoms with Crippen LogP contribution in [-0.4, -0.2) is 29.8 Å². The summed E-state index contributed by atoms with van der Waals surface area (Å²) in [5.41, 5.74) is 0.0749. The van der Waals surface area contributed by atoms with Crippen molar-refractivity contribution < 1.29 is 14.3 Å². The predicted molar refractivity (Wildman–Crippen MR) is 92.2 cm³/mol. The molecule has 0 atom stereocenters. The lowest BCUT2D eigenvalue weighted by molar-refractivity contribution is -0.0135. The van der Waals surface area contributed by atoms with E-state index in [-0.39, 0.29) is 11.6 Å². The van der Waals surface area contributed by atoms with Crippen molar-refractivity contribution in [2.24, 2.45) is 17.8 Å². The van der Waals surface area contributed by atoms with E-state index < -0.39 is 12.4 Å². The molecule has 4 nitrogen and oxygen atoms in total. The number of halogens is 1. The number of allylic oxidation sites excluding steroid dienone is 1. The third kappa shape index (κ3) is 4.50. The molecule has 136 valence electrons. The Balaban J connectivity index is 1.31. The first kappa shape index (κ1) is 17.7. The van der Waals surface area contributed by atoms with Gasteiger partial charge in [0.15, 0.2) is 0 Å². The lowest BCUT2D eigenvalue weighted by Gasteiger charge is -2.56. The number of urea groups is 1. The molecule has 0 heterocycles. The molecule has 0 aromatic rings. The number of unbranched alkanes of at least 4 members (excludes halogenated alkanes) is 3. The highest BCUT2D eigenvalue weighted by atomic mass is 19.1. The molecule has 0 aromatic heterocycles. The van der Waals surface area contributed by atoms with Gasteiger partial charge in [0.25, 0.3) is 0 Å². The van der Waals surface area contributed by atoms with E-state index in [0.29, 0.717) is 13.0 Å². The molecule has 4 aliphatic rings. The third-order valence-corrected chi connectivity index (χ3v) is 6.10. The van der Waals surface area contributed by atoms with Crippen molar-refractivity contribution in [1.29, 1.82) is 0 Å². The van der Waals surface area contributed by atoms with Crippen LogP contribution < -0.4 is 10.6 Å². The van der Waals surface area contributed by atoms with Gasteiger partial charge >= 0.3 is 6.03 Å². The lowest BCUT2D eigenvalue weighted by Crippen LogP contribution is -2.61. The maximum Gasteiger partial charge on any atom is 0.315 e. The minimum Gasteiger partial charge on any atom is -0.389 e. The van der Waals surface area contributed by atoms with Crippen molar-refractivity contribution >= 4 is 6.03 Å². The monoisotopic (exact) mass is 338 g/mol. The van der Waals surface area contributed by atoms with E-state index in [2.05, 4.69) is 10.6 Å². The first-order valence-electron chi connectivity index (χ1n) is 9.60. The van der Waals surface area contributed by atoms with Gasteiger partial charge in [0.2, 0.25) is 0 Å². The van der Waals surface area contributed by atoms with Gasteiger partial charge in [-0.05, 0) is 75.5 Å². The zero-order valence-corrected chi connectivity index (χ0v) is 14.5. The number of carbonyl (C=O) groups excluding carboxylic acids is 1. The number of aliphatic hydroxyl groups is 1. The minimum absolute atomic E-state index is 0.0110. The summed E-state index contributed by atoms with van der Waals surface area (Å²) in [6.45, 7) is 0.163. The molecule has 4 bridgehead atoms. The molecular formula is C19H31FN2O2. The van der Waals surface area contributed by atoms with E-state index in [1.165, 1.54) is 44.6 Å². The first-order chi connectivity index (χ1) is 11.6. The lowest BCUT2D eigenvalue weighted by atomic mass is 9.53. The maximum absolute atomic E-state index is 12.7. The van der Waals surface area contributed by atoms with Crippen LogP contribution in [0, 0.1) is 17.8 Å². The molecule has 0 radical (unpaired) electrons. The molecule has 5 heteroatoms. The van der Waals surface area contributed by atoms with Crippen LogP contribution in [0.5, 0.6) is 0 Å². The fourth-order valence-corrected chi connectivity index (χ4v) is 5.52. The van der Waals surface area contributed by atoms with Crippen LogP contribution in [0.4, 0.5) is 9.18 Å². The van der Waals surface area contributed by atoms with Gasteiger partial charge in [-0.15, -0.1) is 0 Å². The van der Waals surface area contributed by atoms with Gasteiger partial charge in [0, 0.05) is 12.1 Å². The van der Waals surface area contributed by atoms with E-state index in [4.69, 9.17) is 5.11 Å². The minimum atomic E-state index is -0.508. The fraction of sp³-hybridized carbons (Fsp3) is 0.842. The van der Waals surface area contributed by atoms with Crippen molar-refractivity contribution in [3.05, 3.63) is 11.9 Å². The summed E-state index contributed by atoms with van der Waals surface area (Å²) in [5, 5.41) is 14.9. The highest BCUT2D eigenvalue weighted by Crippen LogP contribution is 2.55. The molecule has 4 fully saturated rings. The molecule has 0 aromatic carbocycles. The molecular weight excluding hydrogens is 307 g/mol. The predicted octanol–water partition coefficient (Wildman–Crippen LogP) is 3.66. The second-order valence-electron chi connectivity index (χ2n) is 8.24. The van der Waals surface area contributed by atoms with Crippen LogP contribution in [0.3, 0.4) is 0 Å². The van der Waals surface area contributed by atoms with Crippen molar-refractivity contribution in [2.75, 3.05) is 13.2 Å². The quantitative estimate of drug-likeness (QED) is 0.592. The van der Waals surface area contributed by atoms with Crippen molar-refractivity contribution in [1.82, 2.24) is 10.6 Å². The summed E-state index contributed by atoms with van der Waals surface area (Å²) in [6.07, 6.45) is 12.5. The third-order valence-electron chi connectivity index (χ3n) is 6.10. The molecule has 2 amide bonds. The van der Waals surface area contributed by atoms with Crippen LogP contribution in [0.1, 0.15) is 64.2 Å². The van der Waals surface area contributed by atoms with Gasteiger partial charge in [-0.25, -0.2) is 9.18 Å². The Hall–Kier alpha value is -1.10. The van der Waals surface area contributed by atoms with Crippen LogP contribution in [0.25, 0.3) is 0 Å². The summed E-state index contributed by atoms with van der Waals surface area (Å²) < 4.78 is 12.7. The molecule has 4 saturated carbocycles. The van der Waals surface area contributed by atoms with E-state index >= 15 is 0 Å². The Morgan fingerprint density at radius 2 is 1.71 bits per heavy atom. The Bertz CT molecular complexity index is 443. The number of aliphatic hydroxyl groups excluding tert-OH is 1. The van der Waals surface area contributed by atoms with Gasteiger partial charge in [-0.2, -0.15) is 0 Å². The molecule has 0 unspecified atom stereocenters. The van der Waals surface area contributed by atoms with Gasteiger partial charge in [0.1, 0.15) is 5.83 Å². The van der Waals surface area contributed by atoms with Crippen molar-refractivity contribution in [3.63, 3.8) is 0 Å². The van der Waals surface area contributed by atoms with Gasteiger partial charge in [0.05, 0.1) is 6.61 Å². The molecule has 3 N–H and O–H groups in total. The van der Waals surface area contributed by atoms with Gasteiger partial charge in [-0.1, -0.05) is 12.5 Å². The summed E-state index contributed by atoms with van der Waals surface area (Å²) in [7, 11) is 0. The number of nitrogens with one attached hydrogen (secondary N) is 2. The number of amides is 2. The highest BCUT2D eigenvalue weighted by Gasteiger charge is 2.51. The zero-order chi connectivity index (χ0) is 17.0. The molecule has 4 aliphatic carbocycles. The number of hydrogen-bond acceptors (Lipinski definition) is 2. The first-order valence-corrected chi connectivity index (χ1v) is 9.60. The summed E-state index contributed by atoms with van der Waals surface area (Å²) >= 11 is 0. The molecule has 0 saturated heterocycles. The SMILES string of the molecule is O=C(NCCCCCC=C(F)CO)NC12CC3CC(CC(C3)C1)C2. The summed E-state index contributed by atoms with van der Waals surface area (Å²) in [4.78, 5) is 12.2. The van der Waals surface area contributed by atoms with E-state index in [0.717, 1.165) is 37.0 Å². The van der Waals surface area contributed by atoms with Gasteiger partial charge < -0.3 is 15.7 Å². The summed E-state index contributed by atoms with van der Waals surface area (Å²) in [5.74, 6) is 2.06. The highest BCUT2D eigenvalue weighted by molar-refractivity contribution is 5.74. The number of rotatable bonds is 8. The largest absolute Gasteiger partial charge is 0.389 e. The normalized spacial score (nSPS) is 34.4. The Labute approximate surface area is 144 Å². The molecule has 0 aliphatic heterocycles.